The molecule has 0 saturated heterocycles. The van der Waals surface area contributed by atoms with Gasteiger partial charge in [-0.3, -0.25) is 10.1 Å². The average molecular weight is 140 g/mol. The zero-order chi connectivity index (χ0) is 7.78. The van der Waals surface area contributed by atoms with Gasteiger partial charge in [-0.05, 0) is 13.8 Å². The maximum absolute atomic E-state index is 10.9. The lowest BCUT2D eigenvalue weighted by Crippen LogP contribution is -2.44. The molecule has 0 atom stereocenters. The van der Waals surface area contributed by atoms with Crippen molar-refractivity contribution in [3.63, 3.8) is 0 Å². The molecule has 4 nitrogen and oxygen atoms in total. The fourth-order valence-electron chi connectivity index (χ4n) is 0.569. The number of hydrogen-bond donors (Lipinski definition) is 1. The first kappa shape index (κ1) is 6.92. The number of imide groups is 1. The fourth-order valence-corrected chi connectivity index (χ4v) is 0.569. The lowest BCUT2D eigenvalue weighted by Gasteiger charge is -2.20. The molecule has 3 amide bonds. The van der Waals surface area contributed by atoms with E-state index >= 15 is 0 Å². The van der Waals surface area contributed by atoms with Crippen LogP contribution in [0.5, 0.6) is 0 Å². The average Bonchev–Trinajstić information content (AvgIpc) is 1.81. The maximum atomic E-state index is 10.9. The Labute approximate surface area is 58.3 Å². The third-order valence-electron chi connectivity index (χ3n) is 1.31. The summed E-state index contributed by atoms with van der Waals surface area (Å²) < 4.78 is 0. The molecule has 4 heteroatoms. The van der Waals surface area contributed by atoms with Crippen LogP contribution in [0.2, 0.25) is 0 Å². The quantitative estimate of drug-likeness (QED) is 0.527. The molecule has 0 aromatic rings. The summed E-state index contributed by atoms with van der Waals surface area (Å²) in [6.07, 6.45) is 1.36. The number of nitrogens with one attached hydrogen (secondary N) is 1. The van der Waals surface area contributed by atoms with Gasteiger partial charge in [0, 0.05) is 6.21 Å². The van der Waals surface area contributed by atoms with Crippen LogP contribution in [-0.4, -0.2) is 18.2 Å². The summed E-state index contributed by atoms with van der Waals surface area (Å²) in [6, 6.07) is -0.579. The van der Waals surface area contributed by atoms with E-state index in [4.69, 9.17) is 0 Å². The summed E-state index contributed by atoms with van der Waals surface area (Å²) in [5.41, 5.74) is -0.645. The molecule has 1 N–H and O–H groups in total. The van der Waals surface area contributed by atoms with Gasteiger partial charge >= 0.3 is 6.03 Å². The van der Waals surface area contributed by atoms with Gasteiger partial charge in [0.2, 0.25) is 5.91 Å². The highest BCUT2D eigenvalue weighted by atomic mass is 16.2. The van der Waals surface area contributed by atoms with Gasteiger partial charge in [0.25, 0.3) is 0 Å². The molecule has 0 fully saturated rings. The first-order valence-electron chi connectivity index (χ1n) is 2.93. The molecule has 1 rings (SSSR count). The summed E-state index contributed by atoms with van der Waals surface area (Å²) in [6.45, 7) is 3.39. The van der Waals surface area contributed by atoms with Crippen molar-refractivity contribution < 1.29 is 9.59 Å². The summed E-state index contributed by atoms with van der Waals surface area (Å²) in [5.74, 6) is -0.299. The van der Waals surface area contributed by atoms with Crippen molar-refractivity contribution in [2.45, 2.75) is 13.8 Å². The highest BCUT2D eigenvalue weighted by molar-refractivity contribution is 6.11. The smallest absolute Gasteiger partial charge is 0.275 e. The maximum Gasteiger partial charge on any atom is 0.347 e. The van der Waals surface area contributed by atoms with Gasteiger partial charge in [0.05, 0.1) is 5.41 Å². The van der Waals surface area contributed by atoms with Crippen LogP contribution in [0.25, 0.3) is 0 Å². The number of amides is 3. The molecule has 0 saturated carbocycles. The van der Waals surface area contributed by atoms with Crippen molar-refractivity contribution in [2.75, 3.05) is 0 Å². The van der Waals surface area contributed by atoms with Crippen LogP contribution in [0.4, 0.5) is 4.79 Å². The zero-order valence-corrected chi connectivity index (χ0v) is 5.84. The molecule has 0 spiro atoms. The van der Waals surface area contributed by atoms with Gasteiger partial charge in [-0.15, -0.1) is 0 Å². The largest absolute Gasteiger partial charge is 0.347 e. The number of rotatable bonds is 0. The summed E-state index contributed by atoms with van der Waals surface area (Å²) in [4.78, 5) is 24.8. The van der Waals surface area contributed by atoms with Gasteiger partial charge < -0.3 is 0 Å². The monoisotopic (exact) mass is 140 g/mol. The molecule has 0 radical (unpaired) electrons. The molecule has 54 valence electrons. The Morgan fingerprint density at radius 2 is 2.10 bits per heavy atom. The minimum Gasteiger partial charge on any atom is -0.275 e. The third kappa shape index (κ3) is 1.05. The van der Waals surface area contributed by atoms with Crippen molar-refractivity contribution in [1.82, 2.24) is 5.32 Å². The van der Waals surface area contributed by atoms with Crippen LogP contribution in [-0.2, 0) is 4.79 Å². The number of urea groups is 1. The van der Waals surface area contributed by atoms with Crippen LogP contribution in [0.15, 0.2) is 4.99 Å². The van der Waals surface area contributed by atoms with Crippen LogP contribution in [0, 0.1) is 5.41 Å². The van der Waals surface area contributed by atoms with Crippen LogP contribution >= 0.6 is 0 Å². The normalized spacial score (nSPS) is 22.6. The van der Waals surface area contributed by atoms with Gasteiger partial charge in [0.1, 0.15) is 0 Å². The Morgan fingerprint density at radius 1 is 1.50 bits per heavy atom. The molecule has 10 heavy (non-hydrogen) atoms. The van der Waals surface area contributed by atoms with E-state index in [1.165, 1.54) is 6.21 Å². The Bertz CT molecular complexity index is 218. The van der Waals surface area contributed by atoms with Crippen molar-refractivity contribution in [3.05, 3.63) is 0 Å². The first-order chi connectivity index (χ1) is 4.52. The second-order valence-electron chi connectivity index (χ2n) is 2.74. The zero-order valence-electron chi connectivity index (χ0n) is 5.84. The Kier molecular flexibility index (Phi) is 1.31. The van der Waals surface area contributed by atoms with E-state index in [9.17, 15) is 9.59 Å². The van der Waals surface area contributed by atoms with E-state index in [2.05, 4.69) is 10.3 Å². The SMILES string of the molecule is CC1(C)C=NC(=O)NC1=O. The molecular weight excluding hydrogens is 132 g/mol. The lowest BCUT2D eigenvalue weighted by atomic mass is 9.93. The molecule has 0 aliphatic carbocycles. The second-order valence-corrected chi connectivity index (χ2v) is 2.74. The van der Waals surface area contributed by atoms with Crippen molar-refractivity contribution in [1.29, 1.82) is 0 Å². The Morgan fingerprint density at radius 3 is 2.50 bits per heavy atom. The van der Waals surface area contributed by atoms with E-state index < -0.39 is 11.4 Å². The highest BCUT2D eigenvalue weighted by Gasteiger charge is 2.30. The molecule has 1 aliphatic heterocycles. The molecule has 1 heterocycles. The van der Waals surface area contributed by atoms with Gasteiger partial charge in [-0.25, -0.2) is 9.79 Å². The van der Waals surface area contributed by atoms with Crippen LogP contribution in [0.1, 0.15) is 13.8 Å². The lowest BCUT2D eigenvalue weighted by molar-refractivity contribution is -0.125. The number of aliphatic imine (C=N–C) groups is 1. The summed E-state index contributed by atoms with van der Waals surface area (Å²) in [7, 11) is 0. The topological polar surface area (TPSA) is 58.5 Å². The van der Waals surface area contributed by atoms with E-state index in [1.54, 1.807) is 13.8 Å². The van der Waals surface area contributed by atoms with Crippen molar-refractivity contribution >= 4 is 18.2 Å². The second kappa shape index (κ2) is 1.90. The van der Waals surface area contributed by atoms with E-state index in [1.807, 2.05) is 0 Å². The number of carbonyl (C=O) groups excluding carboxylic acids is 2. The number of hydrogen-bond acceptors (Lipinski definition) is 2. The first-order valence-corrected chi connectivity index (χ1v) is 2.93. The van der Waals surface area contributed by atoms with E-state index in [-0.39, 0.29) is 5.91 Å². The van der Waals surface area contributed by atoms with E-state index in [0.29, 0.717) is 0 Å². The Hall–Kier alpha value is -1.19. The minimum absolute atomic E-state index is 0.299. The molecule has 1 aliphatic rings. The van der Waals surface area contributed by atoms with Gasteiger partial charge in [-0.2, -0.15) is 0 Å². The van der Waals surface area contributed by atoms with Gasteiger partial charge in [0.15, 0.2) is 0 Å². The van der Waals surface area contributed by atoms with Crippen LogP contribution in [0.3, 0.4) is 0 Å². The molecular formula is C6H8N2O2. The molecule has 0 unspecified atom stereocenters. The molecule has 0 aromatic carbocycles. The Balaban J connectivity index is 2.93. The summed E-state index contributed by atoms with van der Waals surface area (Å²) >= 11 is 0. The minimum atomic E-state index is -0.645. The fraction of sp³-hybridized carbons (Fsp3) is 0.500. The molecule has 0 aromatic heterocycles. The van der Waals surface area contributed by atoms with Crippen molar-refractivity contribution in [3.8, 4) is 0 Å². The summed E-state index contributed by atoms with van der Waals surface area (Å²) in [5, 5.41) is 2.09. The van der Waals surface area contributed by atoms with E-state index in [0.717, 1.165) is 0 Å². The number of carbonyl (C=O) groups is 2. The van der Waals surface area contributed by atoms with Crippen LogP contribution < -0.4 is 5.32 Å². The predicted octanol–water partition coefficient (Wildman–Crippen LogP) is 0.333. The standard InChI is InChI=1S/C6H8N2O2/c1-6(2)3-7-5(10)8-4(6)9/h3H,1-2H3,(H,8,9,10). The molecule has 0 bridgehead atoms. The highest BCUT2D eigenvalue weighted by Crippen LogP contribution is 2.14. The third-order valence-corrected chi connectivity index (χ3v) is 1.31. The van der Waals surface area contributed by atoms with Gasteiger partial charge in [-0.1, -0.05) is 0 Å². The van der Waals surface area contributed by atoms with Crippen molar-refractivity contribution in [2.24, 2.45) is 10.4 Å². The number of nitrogens with zero attached hydrogens (tertiary/aromatic N) is 1. The predicted molar refractivity (Wildman–Crippen MR) is 35.8 cm³/mol.